The molecular formula is C24H23N3O5S. The van der Waals surface area contributed by atoms with Gasteiger partial charge in [-0.25, -0.2) is 9.78 Å². The number of thiazole rings is 1. The highest BCUT2D eigenvalue weighted by molar-refractivity contribution is 7.17. The van der Waals surface area contributed by atoms with Gasteiger partial charge in [-0.2, -0.15) is 10.1 Å². The van der Waals surface area contributed by atoms with Crippen LogP contribution in [0.25, 0.3) is 16.8 Å². The minimum Gasteiger partial charge on any atom is -0.497 e. The Kier molecular flexibility index (Phi) is 6.15. The molecule has 1 aliphatic heterocycles. The van der Waals surface area contributed by atoms with Crippen molar-refractivity contribution in [3.05, 3.63) is 52.0 Å². The monoisotopic (exact) mass is 465 g/mol. The van der Waals surface area contributed by atoms with Gasteiger partial charge in [-0.15, -0.1) is 0 Å². The highest BCUT2D eigenvalue weighted by Gasteiger charge is 2.32. The van der Waals surface area contributed by atoms with Gasteiger partial charge < -0.3 is 14.2 Å². The lowest BCUT2D eigenvalue weighted by atomic mass is 9.99. The van der Waals surface area contributed by atoms with Crippen molar-refractivity contribution in [1.82, 2.24) is 4.98 Å². The van der Waals surface area contributed by atoms with Crippen molar-refractivity contribution in [3.8, 4) is 11.5 Å². The molecule has 2 aromatic carbocycles. The van der Waals surface area contributed by atoms with E-state index in [0.717, 1.165) is 27.7 Å². The number of fused-ring (bicyclic) bond motifs is 1. The zero-order valence-electron chi connectivity index (χ0n) is 19.0. The molecule has 0 spiro atoms. The first-order valence-electron chi connectivity index (χ1n) is 10.3. The fourth-order valence-electron chi connectivity index (χ4n) is 3.57. The molecular weight excluding hydrogens is 442 g/mol. The first kappa shape index (κ1) is 22.5. The largest absolute Gasteiger partial charge is 0.497 e. The van der Waals surface area contributed by atoms with Crippen molar-refractivity contribution in [1.29, 1.82) is 0 Å². The van der Waals surface area contributed by atoms with Crippen molar-refractivity contribution in [2.75, 3.05) is 25.8 Å². The summed E-state index contributed by atoms with van der Waals surface area (Å²) in [6, 6.07) is 9.56. The number of carbonyl (C=O) groups is 2. The van der Waals surface area contributed by atoms with E-state index in [1.54, 1.807) is 41.1 Å². The van der Waals surface area contributed by atoms with Gasteiger partial charge in [0.2, 0.25) is 5.13 Å². The molecule has 0 aliphatic carbocycles. The van der Waals surface area contributed by atoms with E-state index < -0.39 is 5.97 Å². The van der Waals surface area contributed by atoms with Crippen molar-refractivity contribution >= 4 is 50.9 Å². The summed E-state index contributed by atoms with van der Waals surface area (Å²) in [6.07, 6.45) is 1.77. The van der Waals surface area contributed by atoms with Crippen molar-refractivity contribution in [3.63, 3.8) is 0 Å². The van der Waals surface area contributed by atoms with Gasteiger partial charge in [0.05, 0.1) is 37.8 Å². The van der Waals surface area contributed by atoms with Gasteiger partial charge in [-0.05, 0) is 55.8 Å². The first-order chi connectivity index (χ1) is 15.9. The second-order valence-corrected chi connectivity index (χ2v) is 8.24. The number of benzene rings is 2. The number of aromatic nitrogens is 1. The molecule has 0 radical (unpaired) electrons. The third-order valence-electron chi connectivity index (χ3n) is 5.23. The highest BCUT2D eigenvalue weighted by Crippen LogP contribution is 2.35. The molecule has 3 aromatic rings. The van der Waals surface area contributed by atoms with Crippen LogP contribution in [0.3, 0.4) is 0 Å². The molecule has 0 fully saturated rings. The van der Waals surface area contributed by atoms with E-state index in [1.165, 1.54) is 5.01 Å². The van der Waals surface area contributed by atoms with E-state index in [1.807, 2.05) is 30.3 Å². The first-order valence-corrected chi connectivity index (χ1v) is 11.1. The average Bonchev–Trinajstić information content (AvgIpc) is 3.33. The number of esters is 1. The van der Waals surface area contributed by atoms with Crippen LogP contribution in [-0.4, -0.2) is 43.4 Å². The van der Waals surface area contributed by atoms with Gasteiger partial charge >= 0.3 is 5.97 Å². The Morgan fingerprint density at radius 3 is 2.61 bits per heavy atom. The van der Waals surface area contributed by atoms with E-state index in [-0.39, 0.29) is 12.5 Å². The summed E-state index contributed by atoms with van der Waals surface area (Å²) in [5, 5.41) is 7.81. The summed E-state index contributed by atoms with van der Waals surface area (Å²) < 4.78 is 16.0. The van der Waals surface area contributed by atoms with Crippen molar-refractivity contribution in [2.24, 2.45) is 5.10 Å². The summed E-state index contributed by atoms with van der Waals surface area (Å²) in [5.41, 5.74) is 2.19. The Morgan fingerprint density at radius 2 is 1.91 bits per heavy atom. The number of hydrogen-bond donors (Lipinski definition) is 0. The topological polar surface area (TPSA) is 90.3 Å². The number of rotatable bonds is 6. The number of amides is 1. The predicted octanol–water partition coefficient (Wildman–Crippen LogP) is 4.60. The SMILES string of the molecule is CCOC(=O)c1sc(N2N=C(C)/C(=C\c3c(OC)ccc4ccc(OC)cc34)C2=O)nc1C. The second-order valence-electron chi connectivity index (χ2n) is 7.26. The van der Waals surface area contributed by atoms with E-state index in [0.29, 0.717) is 38.5 Å². The number of carbonyl (C=O) groups excluding carboxylic acids is 2. The molecule has 33 heavy (non-hydrogen) atoms. The Bertz CT molecular complexity index is 1320. The van der Waals surface area contributed by atoms with E-state index >= 15 is 0 Å². The fraction of sp³-hybridized carbons (Fsp3) is 0.250. The molecule has 0 unspecified atom stereocenters. The summed E-state index contributed by atoms with van der Waals surface area (Å²) in [6.45, 7) is 5.46. The maximum Gasteiger partial charge on any atom is 0.350 e. The predicted molar refractivity (Wildman–Crippen MR) is 128 cm³/mol. The molecule has 0 N–H and O–H groups in total. The van der Waals surface area contributed by atoms with Gasteiger partial charge in [0.25, 0.3) is 5.91 Å². The van der Waals surface area contributed by atoms with Crippen LogP contribution in [0.4, 0.5) is 5.13 Å². The second kappa shape index (κ2) is 9.03. The number of aryl methyl sites for hydroxylation is 1. The Morgan fingerprint density at radius 1 is 1.15 bits per heavy atom. The van der Waals surface area contributed by atoms with Crippen LogP contribution in [0.1, 0.15) is 34.8 Å². The number of ether oxygens (including phenoxy) is 3. The number of nitrogens with zero attached hydrogens (tertiary/aromatic N) is 3. The molecule has 1 aromatic heterocycles. The molecule has 9 heteroatoms. The summed E-state index contributed by atoms with van der Waals surface area (Å²) in [7, 11) is 3.19. The smallest absolute Gasteiger partial charge is 0.350 e. The lowest BCUT2D eigenvalue weighted by molar-refractivity contribution is -0.114. The number of hydrogen-bond acceptors (Lipinski definition) is 8. The van der Waals surface area contributed by atoms with Gasteiger partial charge in [-0.3, -0.25) is 4.79 Å². The molecule has 0 bridgehead atoms. The number of methoxy groups -OCH3 is 2. The Labute approximate surface area is 195 Å². The van der Waals surface area contributed by atoms with Gasteiger partial charge in [0.1, 0.15) is 16.4 Å². The normalized spacial score (nSPS) is 14.7. The van der Waals surface area contributed by atoms with Crippen LogP contribution in [0.5, 0.6) is 11.5 Å². The standard InChI is InChI=1S/C24H23N3O5S/c1-6-32-23(29)21-14(3)25-24(33-21)27-22(28)17(13(2)26-27)12-19-18-11-16(30-4)9-7-15(18)8-10-20(19)31-5/h7-12H,6H2,1-5H3/b17-12+. The fourth-order valence-corrected chi connectivity index (χ4v) is 4.48. The van der Waals surface area contributed by atoms with Crippen LogP contribution >= 0.6 is 11.3 Å². The maximum atomic E-state index is 13.3. The molecule has 1 aliphatic rings. The highest BCUT2D eigenvalue weighted by atomic mass is 32.1. The van der Waals surface area contributed by atoms with Crippen LogP contribution in [0.2, 0.25) is 0 Å². The number of hydrazone groups is 1. The van der Waals surface area contributed by atoms with Crippen LogP contribution in [0, 0.1) is 6.92 Å². The van der Waals surface area contributed by atoms with Crippen molar-refractivity contribution < 1.29 is 23.8 Å². The van der Waals surface area contributed by atoms with Gasteiger partial charge in [0.15, 0.2) is 0 Å². The minimum absolute atomic E-state index is 0.260. The maximum absolute atomic E-state index is 13.3. The van der Waals surface area contributed by atoms with Crippen LogP contribution < -0.4 is 14.5 Å². The Balaban J connectivity index is 1.77. The molecule has 0 atom stereocenters. The summed E-state index contributed by atoms with van der Waals surface area (Å²) in [5.74, 6) is 0.525. The van der Waals surface area contributed by atoms with Crippen molar-refractivity contribution in [2.45, 2.75) is 20.8 Å². The van der Waals surface area contributed by atoms with Crippen LogP contribution in [0.15, 0.2) is 41.0 Å². The quantitative estimate of drug-likeness (QED) is 0.390. The zero-order valence-corrected chi connectivity index (χ0v) is 19.8. The van der Waals surface area contributed by atoms with Crippen LogP contribution in [-0.2, 0) is 9.53 Å². The molecule has 0 saturated heterocycles. The van der Waals surface area contributed by atoms with E-state index in [2.05, 4.69) is 10.1 Å². The lowest BCUT2D eigenvalue weighted by Crippen LogP contribution is -2.21. The third kappa shape index (κ3) is 4.07. The zero-order chi connectivity index (χ0) is 23.7. The summed E-state index contributed by atoms with van der Waals surface area (Å²) >= 11 is 1.08. The van der Waals surface area contributed by atoms with E-state index in [4.69, 9.17) is 14.2 Å². The third-order valence-corrected chi connectivity index (χ3v) is 6.34. The molecule has 2 heterocycles. The molecule has 8 nitrogen and oxygen atoms in total. The molecule has 170 valence electrons. The van der Waals surface area contributed by atoms with E-state index in [9.17, 15) is 9.59 Å². The van der Waals surface area contributed by atoms with Gasteiger partial charge in [0, 0.05) is 5.56 Å². The summed E-state index contributed by atoms with van der Waals surface area (Å²) in [4.78, 5) is 30.2. The van der Waals surface area contributed by atoms with Gasteiger partial charge in [-0.1, -0.05) is 23.5 Å². The minimum atomic E-state index is -0.462. The molecule has 0 saturated carbocycles. The lowest BCUT2D eigenvalue weighted by Gasteiger charge is -2.11. The average molecular weight is 466 g/mol. The number of anilines is 1. The molecule has 4 rings (SSSR count). The Hall–Kier alpha value is -3.72. The molecule has 1 amide bonds.